The predicted octanol–water partition coefficient (Wildman–Crippen LogP) is 3.02. The second-order valence-corrected chi connectivity index (χ2v) is 9.00. The summed E-state index contributed by atoms with van der Waals surface area (Å²) in [6, 6.07) is 8.02. The summed E-state index contributed by atoms with van der Waals surface area (Å²) < 4.78 is 32.9. The summed E-state index contributed by atoms with van der Waals surface area (Å²) in [6.07, 6.45) is 3.70. The van der Waals surface area contributed by atoms with Gasteiger partial charge in [0.2, 0.25) is 0 Å². The van der Waals surface area contributed by atoms with E-state index in [2.05, 4.69) is 20.8 Å². The molecule has 0 N–H and O–H groups in total. The molecule has 25 heavy (non-hydrogen) atoms. The van der Waals surface area contributed by atoms with Crippen LogP contribution in [0.2, 0.25) is 0 Å². The summed E-state index contributed by atoms with van der Waals surface area (Å²) in [5.74, 6) is 0.203. The van der Waals surface area contributed by atoms with Crippen LogP contribution in [0.15, 0.2) is 50.4 Å². The van der Waals surface area contributed by atoms with Crippen molar-refractivity contribution in [3.05, 3.63) is 52.4 Å². The van der Waals surface area contributed by atoms with E-state index in [-0.39, 0.29) is 23.0 Å². The van der Waals surface area contributed by atoms with E-state index in [0.717, 1.165) is 30.2 Å². The summed E-state index contributed by atoms with van der Waals surface area (Å²) in [7, 11) is -3.83. The smallest absolute Gasteiger partial charge is 0.269 e. The Morgan fingerprint density at radius 3 is 2.64 bits per heavy atom. The number of hydrogen-bond donors (Lipinski definition) is 0. The summed E-state index contributed by atoms with van der Waals surface area (Å²) in [6.45, 7) is 1.79. The highest BCUT2D eigenvalue weighted by molar-refractivity contribution is 9.10. The van der Waals surface area contributed by atoms with E-state index in [4.69, 9.17) is 4.42 Å². The number of hydrogen-bond acceptors (Lipinski definition) is 5. The lowest BCUT2D eigenvalue weighted by Gasteiger charge is -2.29. The number of rotatable bonds is 4. The third-order valence-corrected chi connectivity index (χ3v) is 7.06. The van der Waals surface area contributed by atoms with E-state index in [9.17, 15) is 13.2 Å². The zero-order valence-electron chi connectivity index (χ0n) is 13.4. The molecule has 1 fully saturated rings. The van der Waals surface area contributed by atoms with E-state index in [1.165, 1.54) is 6.07 Å². The van der Waals surface area contributed by atoms with Gasteiger partial charge in [0.05, 0.1) is 24.4 Å². The van der Waals surface area contributed by atoms with Gasteiger partial charge in [0.25, 0.3) is 15.9 Å². The Hall–Kier alpha value is -1.64. The maximum absolute atomic E-state index is 12.9. The molecule has 2 aliphatic heterocycles. The number of furan rings is 1. The molecule has 8 heteroatoms. The minimum atomic E-state index is -3.83. The number of carbonyl (C=O) groups excluding carboxylic acids is 1. The first-order valence-corrected chi connectivity index (χ1v) is 10.4. The Morgan fingerprint density at radius 1 is 1.20 bits per heavy atom. The minimum absolute atomic E-state index is 0.0565. The molecule has 3 heterocycles. The van der Waals surface area contributed by atoms with E-state index < -0.39 is 15.9 Å². The first-order chi connectivity index (χ1) is 12.0. The summed E-state index contributed by atoms with van der Waals surface area (Å²) in [5.41, 5.74) is 0.217. The standard InChI is InChI=1S/C17H17BrN2O4S/c18-12-5-6-16-13(10-12)17(21)20(25(16,22)23)11-14(15-4-3-9-24-15)19-7-1-2-8-19/h3-6,9-10,14H,1-2,7-8,11H2/t14-/m0/s1. The van der Waals surface area contributed by atoms with Crippen LogP contribution in [0.1, 0.15) is 35.0 Å². The Bertz CT molecular complexity index is 905. The van der Waals surface area contributed by atoms with Gasteiger partial charge in [-0.15, -0.1) is 0 Å². The molecule has 2 aliphatic rings. The SMILES string of the molecule is O=C1c2cc(Br)ccc2S(=O)(=O)N1C[C@@H](c1ccco1)N1CCCC1. The molecule has 4 rings (SSSR count). The monoisotopic (exact) mass is 424 g/mol. The number of amides is 1. The molecule has 0 bridgehead atoms. The molecule has 0 spiro atoms. The van der Waals surface area contributed by atoms with Crippen LogP contribution in [-0.4, -0.2) is 43.2 Å². The first-order valence-electron chi connectivity index (χ1n) is 8.12. The maximum atomic E-state index is 12.9. The van der Waals surface area contributed by atoms with Crippen molar-refractivity contribution in [1.29, 1.82) is 0 Å². The predicted molar refractivity (Wildman–Crippen MR) is 94.6 cm³/mol. The van der Waals surface area contributed by atoms with Crippen molar-refractivity contribution in [2.45, 2.75) is 23.8 Å². The quantitative estimate of drug-likeness (QED) is 0.753. The lowest BCUT2D eigenvalue weighted by atomic mass is 10.1. The number of fused-ring (bicyclic) bond motifs is 1. The van der Waals surface area contributed by atoms with Gasteiger partial charge in [-0.25, -0.2) is 12.7 Å². The highest BCUT2D eigenvalue weighted by atomic mass is 79.9. The Kier molecular flexibility index (Phi) is 4.21. The molecule has 1 aromatic carbocycles. The van der Waals surface area contributed by atoms with Crippen LogP contribution in [0.3, 0.4) is 0 Å². The van der Waals surface area contributed by atoms with Crippen molar-refractivity contribution < 1.29 is 17.6 Å². The van der Waals surface area contributed by atoms with Crippen molar-refractivity contribution in [2.24, 2.45) is 0 Å². The Labute approximate surface area is 154 Å². The molecule has 6 nitrogen and oxygen atoms in total. The topological polar surface area (TPSA) is 70.8 Å². The Morgan fingerprint density at radius 2 is 1.96 bits per heavy atom. The molecule has 132 valence electrons. The number of nitrogens with zero attached hydrogens (tertiary/aromatic N) is 2. The van der Waals surface area contributed by atoms with Gasteiger partial charge in [0, 0.05) is 4.47 Å². The number of likely N-dealkylation sites (tertiary alicyclic amines) is 1. The first kappa shape index (κ1) is 16.8. The van der Waals surface area contributed by atoms with Crippen LogP contribution in [0.5, 0.6) is 0 Å². The van der Waals surface area contributed by atoms with Crippen LogP contribution >= 0.6 is 15.9 Å². The molecule has 1 atom stereocenters. The molecule has 1 saturated heterocycles. The van der Waals surface area contributed by atoms with Gasteiger partial charge in [0.15, 0.2) is 0 Å². The highest BCUT2D eigenvalue weighted by Crippen LogP contribution is 2.35. The fourth-order valence-corrected chi connectivity index (χ4v) is 5.43. The molecule has 2 aromatic rings. The van der Waals surface area contributed by atoms with E-state index in [1.807, 2.05) is 6.07 Å². The second kappa shape index (κ2) is 6.26. The third kappa shape index (κ3) is 2.82. The van der Waals surface area contributed by atoms with Crippen molar-refractivity contribution >= 4 is 31.9 Å². The zero-order valence-corrected chi connectivity index (χ0v) is 15.8. The van der Waals surface area contributed by atoms with Crippen molar-refractivity contribution in [2.75, 3.05) is 19.6 Å². The van der Waals surface area contributed by atoms with Gasteiger partial charge in [0.1, 0.15) is 10.7 Å². The normalized spacial score (nSPS) is 20.8. The van der Waals surface area contributed by atoms with Crippen molar-refractivity contribution in [3.8, 4) is 0 Å². The lowest BCUT2D eigenvalue weighted by Crippen LogP contribution is -2.39. The maximum Gasteiger partial charge on any atom is 0.269 e. The van der Waals surface area contributed by atoms with Crippen LogP contribution in [0.25, 0.3) is 0 Å². The molecule has 0 unspecified atom stereocenters. The number of benzene rings is 1. The molecule has 0 aliphatic carbocycles. The third-order valence-electron chi connectivity index (χ3n) is 4.76. The zero-order chi connectivity index (χ0) is 17.6. The Balaban J connectivity index is 1.70. The largest absolute Gasteiger partial charge is 0.468 e. The van der Waals surface area contributed by atoms with Crippen molar-refractivity contribution in [1.82, 2.24) is 9.21 Å². The van der Waals surface area contributed by atoms with Gasteiger partial charge in [-0.2, -0.15) is 0 Å². The van der Waals surface area contributed by atoms with Crippen molar-refractivity contribution in [3.63, 3.8) is 0 Å². The highest BCUT2D eigenvalue weighted by Gasteiger charge is 2.43. The fraction of sp³-hybridized carbons (Fsp3) is 0.353. The molecular formula is C17H17BrN2O4S. The van der Waals surface area contributed by atoms with Gasteiger partial charge in [-0.3, -0.25) is 9.69 Å². The average Bonchev–Trinajstić information content (AvgIpc) is 3.30. The van der Waals surface area contributed by atoms with E-state index in [0.29, 0.717) is 10.2 Å². The minimum Gasteiger partial charge on any atom is -0.468 e. The molecular weight excluding hydrogens is 408 g/mol. The van der Waals surface area contributed by atoms with Crippen LogP contribution < -0.4 is 0 Å². The van der Waals surface area contributed by atoms with Crippen LogP contribution in [0.4, 0.5) is 0 Å². The number of sulfonamides is 1. The average molecular weight is 425 g/mol. The van der Waals surface area contributed by atoms with Gasteiger partial charge < -0.3 is 4.42 Å². The summed E-state index contributed by atoms with van der Waals surface area (Å²) in [5, 5.41) is 0. The second-order valence-electron chi connectivity index (χ2n) is 6.26. The molecule has 0 radical (unpaired) electrons. The molecule has 1 amide bonds. The summed E-state index contributed by atoms with van der Waals surface area (Å²) >= 11 is 3.30. The van der Waals surface area contributed by atoms with E-state index >= 15 is 0 Å². The van der Waals surface area contributed by atoms with E-state index in [1.54, 1.807) is 24.5 Å². The molecule has 1 aromatic heterocycles. The van der Waals surface area contributed by atoms with Gasteiger partial charge >= 0.3 is 0 Å². The number of carbonyl (C=O) groups is 1. The lowest BCUT2D eigenvalue weighted by molar-refractivity contribution is 0.0828. The molecule has 0 saturated carbocycles. The summed E-state index contributed by atoms with van der Waals surface area (Å²) in [4.78, 5) is 15.0. The fourth-order valence-electron chi connectivity index (χ4n) is 3.51. The number of halogens is 1. The van der Waals surface area contributed by atoms with Crippen LogP contribution in [-0.2, 0) is 10.0 Å². The van der Waals surface area contributed by atoms with Gasteiger partial charge in [-0.05, 0) is 56.3 Å². The van der Waals surface area contributed by atoms with Crippen LogP contribution in [0, 0.1) is 0 Å². The van der Waals surface area contributed by atoms with Gasteiger partial charge in [-0.1, -0.05) is 15.9 Å².